The van der Waals surface area contributed by atoms with E-state index in [4.69, 9.17) is 4.74 Å². The van der Waals surface area contributed by atoms with Gasteiger partial charge in [-0.1, -0.05) is 19.1 Å². The summed E-state index contributed by atoms with van der Waals surface area (Å²) in [5.74, 6) is 0.886. The predicted octanol–water partition coefficient (Wildman–Crippen LogP) is 3.57. The van der Waals surface area contributed by atoms with Gasteiger partial charge < -0.3 is 10.1 Å². The van der Waals surface area contributed by atoms with Crippen LogP contribution in [0.25, 0.3) is 0 Å². The summed E-state index contributed by atoms with van der Waals surface area (Å²) in [7, 11) is 1.93. The summed E-state index contributed by atoms with van der Waals surface area (Å²) in [6, 6.07) is 8.21. The topological polar surface area (TPSA) is 39.1 Å². The quantitative estimate of drug-likeness (QED) is 0.775. The molecule has 21 heavy (non-hydrogen) atoms. The summed E-state index contributed by atoms with van der Waals surface area (Å²) in [6.45, 7) is 6.56. The van der Waals surface area contributed by atoms with Gasteiger partial charge in [-0.3, -0.25) is 4.68 Å². The number of halogens is 1. The maximum Gasteiger partial charge on any atom is 0.131 e. The summed E-state index contributed by atoms with van der Waals surface area (Å²) >= 11 is 3.56. The van der Waals surface area contributed by atoms with Gasteiger partial charge in [0, 0.05) is 13.6 Å². The van der Waals surface area contributed by atoms with Crippen molar-refractivity contribution in [3.8, 4) is 5.75 Å². The molecule has 0 radical (unpaired) electrons. The lowest BCUT2D eigenvalue weighted by atomic mass is 10.2. The Kier molecular flexibility index (Phi) is 5.82. The van der Waals surface area contributed by atoms with Crippen LogP contribution in [0.15, 0.2) is 28.7 Å². The van der Waals surface area contributed by atoms with Crippen LogP contribution in [-0.4, -0.2) is 16.3 Å². The van der Waals surface area contributed by atoms with E-state index >= 15 is 0 Å². The zero-order valence-electron chi connectivity index (χ0n) is 12.8. The van der Waals surface area contributed by atoms with Gasteiger partial charge in [-0.05, 0) is 53.5 Å². The van der Waals surface area contributed by atoms with Crippen molar-refractivity contribution in [1.29, 1.82) is 0 Å². The minimum absolute atomic E-state index is 0.504. The number of hydrogen-bond donors (Lipinski definition) is 1. The fraction of sp³-hybridized carbons (Fsp3) is 0.438. The van der Waals surface area contributed by atoms with Gasteiger partial charge in [-0.25, -0.2) is 0 Å². The molecule has 1 aromatic heterocycles. The number of benzene rings is 1. The second-order valence-corrected chi connectivity index (χ2v) is 5.88. The van der Waals surface area contributed by atoms with Crippen molar-refractivity contribution in [3.63, 3.8) is 0 Å². The van der Waals surface area contributed by atoms with E-state index in [9.17, 15) is 0 Å². The first-order chi connectivity index (χ1) is 10.1. The maximum atomic E-state index is 5.90. The average molecular weight is 352 g/mol. The lowest BCUT2D eigenvalue weighted by molar-refractivity contribution is 0.293. The lowest BCUT2D eigenvalue weighted by Gasteiger charge is -2.09. The third-order valence-corrected chi connectivity index (χ3v) is 4.32. The molecule has 1 N–H and O–H groups in total. The normalized spacial score (nSPS) is 10.9. The molecule has 0 unspecified atom stereocenters. The van der Waals surface area contributed by atoms with Crippen molar-refractivity contribution in [3.05, 3.63) is 45.7 Å². The van der Waals surface area contributed by atoms with Crippen LogP contribution in [0, 0.1) is 6.92 Å². The Morgan fingerprint density at radius 3 is 2.86 bits per heavy atom. The average Bonchev–Trinajstić information content (AvgIpc) is 2.71. The SMILES string of the molecule is CCCNCc1cccc(OCc2c(Br)c(C)nn2C)c1. The maximum absolute atomic E-state index is 5.90. The van der Waals surface area contributed by atoms with Crippen molar-refractivity contribution in [2.75, 3.05) is 6.54 Å². The Morgan fingerprint density at radius 1 is 1.38 bits per heavy atom. The summed E-state index contributed by atoms with van der Waals surface area (Å²) in [5.41, 5.74) is 3.26. The van der Waals surface area contributed by atoms with Gasteiger partial charge in [0.05, 0.1) is 15.9 Å². The molecule has 5 heteroatoms. The zero-order valence-corrected chi connectivity index (χ0v) is 14.4. The molecule has 0 saturated heterocycles. The monoisotopic (exact) mass is 351 g/mol. The molecule has 0 atom stereocenters. The van der Waals surface area contributed by atoms with Crippen LogP contribution >= 0.6 is 15.9 Å². The molecule has 4 nitrogen and oxygen atoms in total. The summed E-state index contributed by atoms with van der Waals surface area (Å²) < 4.78 is 8.77. The van der Waals surface area contributed by atoms with Gasteiger partial charge in [0.25, 0.3) is 0 Å². The fourth-order valence-corrected chi connectivity index (χ4v) is 2.59. The van der Waals surface area contributed by atoms with E-state index in [1.54, 1.807) is 0 Å². The minimum atomic E-state index is 0.504. The number of hydrogen-bond acceptors (Lipinski definition) is 3. The largest absolute Gasteiger partial charge is 0.487 e. The molecular formula is C16H22BrN3O. The molecular weight excluding hydrogens is 330 g/mol. The van der Waals surface area contributed by atoms with Gasteiger partial charge in [0.15, 0.2) is 0 Å². The fourth-order valence-electron chi connectivity index (χ4n) is 2.14. The Bertz CT molecular complexity index is 595. The molecule has 0 aliphatic carbocycles. The summed E-state index contributed by atoms with van der Waals surface area (Å²) in [5, 5.41) is 7.77. The Morgan fingerprint density at radius 2 is 2.19 bits per heavy atom. The molecule has 1 aromatic carbocycles. The molecule has 0 aliphatic heterocycles. The van der Waals surface area contributed by atoms with Crippen LogP contribution in [0.4, 0.5) is 0 Å². The van der Waals surface area contributed by atoms with Crippen LogP contribution in [0.2, 0.25) is 0 Å². The first-order valence-corrected chi connectivity index (χ1v) is 8.01. The number of aromatic nitrogens is 2. The number of nitrogens with zero attached hydrogens (tertiary/aromatic N) is 2. The smallest absolute Gasteiger partial charge is 0.131 e. The molecule has 2 aromatic rings. The Hall–Kier alpha value is -1.33. The van der Waals surface area contributed by atoms with E-state index in [1.165, 1.54) is 5.56 Å². The highest BCUT2D eigenvalue weighted by Gasteiger charge is 2.11. The molecule has 0 fully saturated rings. The molecule has 114 valence electrons. The number of nitrogens with one attached hydrogen (secondary N) is 1. The van der Waals surface area contributed by atoms with Crippen LogP contribution in [-0.2, 0) is 20.2 Å². The molecule has 0 spiro atoms. The second kappa shape index (κ2) is 7.61. The minimum Gasteiger partial charge on any atom is -0.487 e. The third kappa shape index (κ3) is 4.32. The van der Waals surface area contributed by atoms with Gasteiger partial charge in [-0.2, -0.15) is 5.10 Å². The summed E-state index contributed by atoms with van der Waals surface area (Å²) in [6.07, 6.45) is 1.14. The number of aryl methyl sites for hydroxylation is 2. The van der Waals surface area contributed by atoms with Crippen molar-refractivity contribution in [1.82, 2.24) is 15.1 Å². The second-order valence-electron chi connectivity index (χ2n) is 5.08. The molecule has 0 amide bonds. The number of ether oxygens (including phenoxy) is 1. The molecule has 0 saturated carbocycles. The van der Waals surface area contributed by atoms with Gasteiger partial charge in [-0.15, -0.1) is 0 Å². The Balaban J connectivity index is 1.98. The third-order valence-electron chi connectivity index (χ3n) is 3.29. The van der Waals surface area contributed by atoms with Crippen molar-refractivity contribution in [2.24, 2.45) is 7.05 Å². The van der Waals surface area contributed by atoms with Crippen LogP contribution in [0.5, 0.6) is 5.75 Å². The van der Waals surface area contributed by atoms with Crippen LogP contribution in [0.1, 0.15) is 30.3 Å². The Labute approximate surface area is 134 Å². The van der Waals surface area contributed by atoms with E-state index in [1.807, 2.05) is 30.8 Å². The highest BCUT2D eigenvalue weighted by atomic mass is 79.9. The molecule has 2 rings (SSSR count). The highest BCUT2D eigenvalue weighted by Crippen LogP contribution is 2.22. The van der Waals surface area contributed by atoms with Crippen molar-refractivity contribution in [2.45, 2.75) is 33.4 Å². The molecule has 1 heterocycles. The summed E-state index contributed by atoms with van der Waals surface area (Å²) in [4.78, 5) is 0. The van der Waals surface area contributed by atoms with E-state index < -0.39 is 0 Å². The predicted molar refractivity (Wildman–Crippen MR) is 88.4 cm³/mol. The van der Waals surface area contributed by atoms with Gasteiger partial charge >= 0.3 is 0 Å². The first-order valence-electron chi connectivity index (χ1n) is 7.22. The molecule has 0 bridgehead atoms. The van der Waals surface area contributed by atoms with Crippen molar-refractivity contribution >= 4 is 15.9 Å². The van der Waals surface area contributed by atoms with Crippen LogP contribution in [0.3, 0.4) is 0 Å². The van der Waals surface area contributed by atoms with Crippen molar-refractivity contribution < 1.29 is 4.74 Å². The number of rotatable bonds is 7. The van der Waals surface area contributed by atoms with E-state index in [2.05, 4.69) is 45.4 Å². The molecule has 0 aliphatic rings. The van der Waals surface area contributed by atoms with E-state index in [0.29, 0.717) is 6.61 Å². The van der Waals surface area contributed by atoms with Gasteiger partial charge in [0.1, 0.15) is 12.4 Å². The standard InChI is InChI=1S/C16H22BrN3O/c1-4-8-18-10-13-6-5-7-14(9-13)21-11-15-16(17)12(2)19-20(15)3/h5-7,9,18H,4,8,10-11H2,1-3H3. The van der Waals surface area contributed by atoms with Gasteiger partial charge in [0.2, 0.25) is 0 Å². The lowest BCUT2D eigenvalue weighted by Crippen LogP contribution is -2.13. The van der Waals surface area contributed by atoms with E-state index in [0.717, 1.165) is 41.1 Å². The zero-order chi connectivity index (χ0) is 15.2. The first kappa shape index (κ1) is 16.0. The highest BCUT2D eigenvalue weighted by molar-refractivity contribution is 9.10. The van der Waals surface area contributed by atoms with Crippen LogP contribution < -0.4 is 10.1 Å². The van der Waals surface area contributed by atoms with E-state index in [-0.39, 0.29) is 0 Å².